The maximum absolute atomic E-state index is 4.44. The molecule has 3 rings (SSSR count). The maximum atomic E-state index is 4.44. The molecule has 92 valence electrons. The molecule has 0 spiro atoms. The van der Waals surface area contributed by atoms with E-state index in [9.17, 15) is 0 Å². The largest absolute Gasteiger partial charge is 0.372 e. The Morgan fingerprint density at radius 1 is 1.18 bits per heavy atom. The van der Waals surface area contributed by atoms with Crippen LogP contribution in [0.4, 0.5) is 11.6 Å². The van der Waals surface area contributed by atoms with Crippen molar-refractivity contribution < 1.29 is 0 Å². The van der Waals surface area contributed by atoms with Crippen molar-refractivity contribution in [2.75, 3.05) is 24.2 Å². The summed E-state index contributed by atoms with van der Waals surface area (Å²) >= 11 is 0. The van der Waals surface area contributed by atoms with E-state index < -0.39 is 0 Å². The summed E-state index contributed by atoms with van der Waals surface area (Å²) in [6, 6.07) is 0. The molecule has 0 amide bonds. The van der Waals surface area contributed by atoms with Crippen LogP contribution in [0.2, 0.25) is 0 Å². The predicted molar refractivity (Wildman–Crippen MR) is 69.0 cm³/mol. The van der Waals surface area contributed by atoms with E-state index in [0.717, 1.165) is 35.9 Å². The molecule has 2 saturated carbocycles. The van der Waals surface area contributed by atoms with Crippen LogP contribution in [0.5, 0.6) is 0 Å². The van der Waals surface area contributed by atoms with Crippen LogP contribution in [-0.4, -0.2) is 23.6 Å². The summed E-state index contributed by atoms with van der Waals surface area (Å²) in [7, 11) is 1.87. The van der Waals surface area contributed by atoms with Gasteiger partial charge in [0.1, 0.15) is 11.6 Å². The van der Waals surface area contributed by atoms with E-state index in [0.29, 0.717) is 0 Å². The molecular formula is C13H20N4. The molecule has 0 unspecified atom stereocenters. The van der Waals surface area contributed by atoms with Gasteiger partial charge in [0.15, 0.2) is 0 Å². The van der Waals surface area contributed by atoms with Crippen LogP contribution in [-0.2, 0) is 0 Å². The Balaban J connectivity index is 1.58. The Labute approximate surface area is 102 Å². The molecule has 1 aromatic rings. The van der Waals surface area contributed by atoms with E-state index in [1.54, 1.807) is 12.4 Å². The molecule has 0 aromatic carbocycles. The van der Waals surface area contributed by atoms with Crippen LogP contribution in [0.3, 0.4) is 0 Å². The van der Waals surface area contributed by atoms with E-state index in [4.69, 9.17) is 0 Å². The topological polar surface area (TPSA) is 49.8 Å². The van der Waals surface area contributed by atoms with E-state index in [1.807, 2.05) is 7.05 Å². The number of anilines is 2. The Bertz CT molecular complexity index is 373. The van der Waals surface area contributed by atoms with Crippen molar-refractivity contribution in [3.63, 3.8) is 0 Å². The zero-order chi connectivity index (χ0) is 11.7. The van der Waals surface area contributed by atoms with Crippen LogP contribution in [0.15, 0.2) is 12.4 Å². The fraction of sp³-hybridized carbons (Fsp3) is 0.692. The van der Waals surface area contributed by atoms with Crippen molar-refractivity contribution in [3.8, 4) is 0 Å². The molecule has 1 heterocycles. The van der Waals surface area contributed by atoms with Gasteiger partial charge in [-0.2, -0.15) is 0 Å². The maximum Gasteiger partial charge on any atom is 0.146 e. The summed E-state index contributed by atoms with van der Waals surface area (Å²) in [6.45, 7) is 1.07. The number of aromatic nitrogens is 2. The lowest BCUT2D eigenvalue weighted by Crippen LogP contribution is -2.19. The molecule has 2 fully saturated rings. The van der Waals surface area contributed by atoms with Crippen LogP contribution in [0.25, 0.3) is 0 Å². The van der Waals surface area contributed by atoms with Crippen molar-refractivity contribution in [3.05, 3.63) is 12.4 Å². The molecule has 0 aliphatic heterocycles. The molecule has 2 aliphatic rings. The molecule has 0 bridgehead atoms. The number of hydrogen-bond acceptors (Lipinski definition) is 4. The fourth-order valence-electron chi connectivity index (χ4n) is 2.56. The van der Waals surface area contributed by atoms with Gasteiger partial charge in [0.05, 0.1) is 12.4 Å². The van der Waals surface area contributed by atoms with Gasteiger partial charge < -0.3 is 10.6 Å². The zero-order valence-electron chi connectivity index (χ0n) is 10.3. The highest BCUT2D eigenvalue weighted by molar-refractivity contribution is 5.41. The van der Waals surface area contributed by atoms with E-state index >= 15 is 0 Å². The van der Waals surface area contributed by atoms with Gasteiger partial charge >= 0.3 is 0 Å². The Morgan fingerprint density at radius 3 is 2.41 bits per heavy atom. The molecule has 4 heteroatoms. The SMILES string of the molecule is CNc1cncc(NCC(C2CC2)C2CC2)n1. The number of nitrogens with one attached hydrogen (secondary N) is 2. The molecule has 4 nitrogen and oxygen atoms in total. The summed E-state index contributed by atoms with van der Waals surface area (Å²) in [5.41, 5.74) is 0. The third-order valence-corrected chi connectivity index (χ3v) is 3.86. The lowest BCUT2D eigenvalue weighted by molar-refractivity contribution is 0.427. The first-order chi connectivity index (χ1) is 8.36. The second-order valence-corrected chi connectivity index (χ2v) is 5.26. The summed E-state index contributed by atoms with van der Waals surface area (Å²) in [5.74, 6) is 4.55. The zero-order valence-corrected chi connectivity index (χ0v) is 10.3. The molecule has 2 aliphatic carbocycles. The smallest absolute Gasteiger partial charge is 0.146 e. The van der Waals surface area contributed by atoms with Gasteiger partial charge in [-0.25, -0.2) is 4.98 Å². The molecule has 2 N–H and O–H groups in total. The summed E-state index contributed by atoms with van der Waals surface area (Å²) in [4.78, 5) is 8.60. The minimum Gasteiger partial charge on any atom is -0.372 e. The van der Waals surface area contributed by atoms with Crippen LogP contribution in [0, 0.1) is 17.8 Å². The van der Waals surface area contributed by atoms with Crippen molar-refractivity contribution in [2.24, 2.45) is 17.8 Å². The van der Waals surface area contributed by atoms with Gasteiger partial charge in [0, 0.05) is 13.6 Å². The monoisotopic (exact) mass is 232 g/mol. The Kier molecular flexibility index (Phi) is 2.87. The highest BCUT2D eigenvalue weighted by atomic mass is 15.1. The van der Waals surface area contributed by atoms with Gasteiger partial charge in [-0.1, -0.05) is 0 Å². The quantitative estimate of drug-likeness (QED) is 0.790. The number of hydrogen-bond donors (Lipinski definition) is 2. The minimum absolute atomic E-state index is 0.824. The Hall–Kier alpha value is -1.32. The van der Waals surface area contributed by atoms with E-state index in [-0.39, 0.29) is 0 Å². The van der Waals surface area contributed by atoms with Gasteiger partial charge in [-0.05, 0) is 43.4 Å². The van der Waals surface area contributed by atoms with Crippen molar-refractivity contribution in [1.29, 1.82) is 0 Å². The van der Waals surface area contributed by atoms with Gasteiger partial charge in [0.2, 0.25) is 0 Å². The van der Waals surface area contributed by atoms with Crippen LogP contribution in [0.1, 0.15) is 25.7 Å². The van der Waals surface area contributed by atoms with Gasteiger partial charge in [-0.15, -0.1) is 0 Å². The first-order valence-corrected chi connectivity index (χ1v) is 6.60. The van der Waals surface area contributed by atoms with Gasteiger partial charge in [-0.3, -0.25) is 4.98 Å². The predicted octanol–water partition coefficient (Wildman–Crippen LogP) is 2.37. The van der Waals surface area contributed by atoms with Crippen molar-refractivity contribution >= 4 is 11.6 Å². The first-order valence-electron chi connectivity index (χ1n) is 6.60. The molecule has 17 heavy (non-hydrogen) atoms. The highest BCUT2D eigenvalue weighted by Crippen LogP contribution is 2.49. The van der Waals surface area contributed by atoms with Crippen molar-refractivity contribution in [2.45, 2.75) is 25.7 Å². The molecular weight excluding hydrogens is 212 g/mol. The molecule has 0 atom stereocenters. The standard InChI is InChI=1S/C13H20N4/c1-14-12-7-15-8-13(17-12)16-6-11(9-2-3-9)10-4-5-10/h7-11H,2-6H2,1H3,(H2,14,16,17). The Morgan fingerprint density at radius 2 is 1.82 bits per heavy atom. The third kappa shape index (κ3) is 2.68. The van der Waals surface area contributed by atoms with Gasteiger partial charge in [0.25, 0.3) is 0 Å². The summed E-state index contributed by atoms with van der Waals surface area (Å²) in [6.07, 6.45) is 9.29. The first kappa shape index (κ1) is 10.8. The van der Waals surface area contributed by atoms with E-state index in [2.05, 4.69) is 20.6 Å². The normalized spacial score (nSPS) is 19.4. The van der Waals surface area contributed by atoms with Crippen molar-refractivity contribution in [1.82, 2.24) is 9.97 Å². The minimum atomic E-state index is 0.824. The molecule has 1 aromatic heterocycles. The average molecular weight is 232 g/mol. The molecule has 0 saturated heterocycles. The molecule has 0 radical (unpaired) electrons. The summed E-state index contributed by atoms with van der Waals surface area (Å²) < 4.78 is 0. The average Bonchev–Trinajstić information content (AvgIpc) is 3.22. The lowest BCUT2D eigenvalue weighted by Gasteiger charge is -2.16. The highest BCUT2D eigenvalue weighted by Gasteiger charge is 2.40. The van der Waals surface area contributed by atoms with Crippen LogP contribution < -0.4 is 10.6 Å². The third-order valence-electron chi connectivity index (χ3n) is 3.86. The number of nitrogens with zero attached hydrogens (tertiary/aromatic N) is 2. The van der Waals surface area contributed by atoms with E-state index in [1.165, 1.54) is 25.7 Å². The second kappa shape index (κ2) is 4.51. The fourth-order valence-corrected chi connectivity index (χ4v) is 2.56. The second-order valence-electron chi connectivity index (χ2n) is 5.26. The summed E-state index contributed by atoms with van der Waals surface area (Å²) in [5, 5.41) is 6.46. The lowest BCUT2D eigenvalue weighted by atomic mass is 9.98. The van der Waals surface area contributed by atoms with Crippen LogP contribution >= 0.6 is 0 Å². The number of rotatable bonds is 6.